The zero-order valence-corrected chi connectivity index (χ0v) is 13.4. The van der Waals surface area contributed by atoms with Gasteiger partial charge in [-0.2, -0.15) is 0 Å². The highest BCUT2D eigenvalue weighted by Gasteiger charge is 2.06. The Morgan fingerprint density at radius 1 is 1.20 bits per heavy atom. The van der Waals surface area contributed by atoms with Gasteiger partial charge in [0.25, 0.3) is 0 Å². The van der Waals surface area contributed by atoms with Gasteiger partial charge in [0.05, 0.1) is 0 Å². The number of nitrogens with zero attached hydrogens (tertiary/aromatic N) is 3. The van der Waals surface area contributed by atoms with Crippen LogP contribution >= 0.6 is 11.8 Å². The van der Waals surface area contributed by atoms with Crippen LogP contribution in [0.3, 0.4) is 0 Å². The molecule has 2 aromatic heterocycles. The molecule has 1 N–H and O–H groups in total. The predicted molar refractivity (Wildman–Crippen MR) is 85.2 cm³/mol. The maximum absolute atomic E-state index is 4.22. The summed E-state index contributed by atoms with van der Waals surface area (Å²) in [6.45, 7) is 7.82. The molecule has 0 spiro atoms. The number of thioether (sulfide) groups is 1. The predicted octanol–water partition coefficient (Wildman–Crippen LogP) is 3.24. The molecule has 2 aromatic rings. The number of nitrogens with one attached hydrogen (secondary N) is 1. The van der Waals surface area contributed by atoms with Crippen molar-refractivity contribution in [2.75, 3.05) is 12.3 Å². The van der Waals surface area contributed by atoms with Crippen molar-refractivity contribution in [2.45, 2.75) is 44.8 Å². The lowest BCUT2D eigenvalue weighted by Crippen LogP contribution is -2.28. The summed E-state index contributed by atoms with van der Waals surface area (Å²) < 4.78 is 2.03. The van der Waals surface area contributed by atoms with Gasteiger partial charge in [0, 0.05) is 24.5 Å². The van der Waals surface area contributed by atoms with Crippen LogP contribution in [0.4, 0.5) is 0 Å². The molecule has 5 heteroatoms. The monoisotopic (exact) mass is 292 g/mol. The second kappa shape index (κ2) is 7.64. The average molecular weight is 292 g/mol. The fourth-order valence-corrected chi connectivity index (χ4v) is 2.85. The van der Waals surface area contributed by atoms with Gasteiger partial charge >= 0.3 is 0 Å². The van der Waals surface area contributed by atoms with Gasteiger partial charge in [-0.05, 0) is 37.8 Å². The minimum atomic E-state index is 0.591. The van der Waals surface area contributed by atoms with Crippen molar-refractivity contribution in [3.63, 3.8) is 0 Å². The maximum atomic E-state index is 4.22. The molecule has 0 amide bonds. The van der Waals surface area contributed by atoms with E-state index in [9.17, 15) is 0 Å². The van der Waals surface area contributed by atoms with Gasteiger partial charge in [0.15, 0.2) is 10.8 Å². The Kier molecular flexibility index (Phi) is 5.86. The molecular formula is C15H24N4S. The van der Waals surface area contributed by atoms with Gasteiger partial charge in [-0.3, -0.25) is 4.40 Å². The number of fused-ring (bicyclic) bond motifs is 1. The van der Waals surface area contributed by atoms with Gasteiger partial charge in [0.1, 0.15) is 0 Å². The number of hydrogen-bond donors (Lipinski definition) is 1. The molecule has 0 aliphatic heterocycles. The molecule has 0 aliphatic rings. The van der Waals surface area contributed by atoms with E-state index in [2.05, 4.69) is 36.3 Å². The van der Waals surface area contributed by atoms with E-state index in [-0.39, 0.29) is 0 Å². The highest BCUT2D eigenvalue weighted by Crippen LogP contribution is 2.15. The molecule has 0 fully saturated rings. The SMILES string of the molecule is CC(C)CCC(C)NCCSc1nnc2ccccn12. The Bertz CT molecular complexity index is 523. The van der Waals surface area contributed by atoms with E-state index >= 15 is 0 Å². The van der Waals surface area contributed by atoms with Crippen molar-refractivity contribution in [3.8, 4) is 0 Å². The van der Waals surface area contributed by atoms with E-state index in [4.69, 9.17) is 0 Å². The quantitative estimate of drug-likeness (QED) is 0.599. The Balaban J connectivity index is 1.71. The van der Waals surface area contributed by atoms with Crippen LogP contribution in [-0.2, 0) is 0 Å². The maximum Gasteiger partial charge on any atom is 0.195 e. The van der Waals surface area contributed by atoms with Crippen LogP contribution in [-0.4, -0.2) is 32.9 Å². The van der Waals surface area contributed by atoms with E-state index in [1.165, 1.54) is 12.8 Å². The Labute approximate surface area is 125 Å². The second-order valence-electron chi connectivity index (χ2n) is 5.59. The Morgan fingerprint density at radius 3 is 2.85 bits per heavy atom. The third kappa shape index (κ3) is 4.49. The molecule has 0 saturated heterocycles. The van der Waals surface area contributed by atoms with E-state index < -0.39 is 0 Å². The Morgan fingerprint density at radius 2 is 2.05 bits per heavy atom. The summed E-state index contributed by atoms with van der Waals surface area (Å²) in [7, 11) is 0. The number of aromatic nitrogens is 3. The van der Waals surface area contributed by atoms with Crippen LogP contribution in [0, 0.1) is 5.92 Å². The third-order valence-electron chi connectivity index (χ3n) is 3.29. The van der Waals surface area contributed by atoms with Crippen LogP contribution < -0.4 is 5.32 Å². The average Bonchev–Trinajstić information content (AvgIpc) is 2.85. The summed E-state index contributed by atoms with van der Waals surface area (Å²) in [6, 6.07) is 6.56. The first kappa shape index (κ1) is 15.3. The molecule has 20 heavy (non-hydrogen) atoms. The van der Waals surface area contributed by atoms with Crippen molar-refractivity contribution < 1.29 is 0 Å². The van der Waals surface area contributed by atoms with Gasteiger partial charge in [-0.15, -0.1) is 10.2 Å². The number of hydrogen-bond acceptors (Lipinski definition) is 4. The first-order valence-corrected chi connectivity index (χ1v) is 8.31. The van der Waals surface area contributed by atoms with Crippen molar-refractivity contribution >= 4 is 17.4 Å². The summed E-state index contributed by atoms with van der Waals surface area (Å²) >= 11 is 1.75. The summed E-state index contributed by atoms with van der Waals surface area (Å²) in [5.41, 5.74) is 0.910. The van der Waals surface area contributed by atoms with Crippen molar-refractivity contribution in [2.24, 2.45) is 5.92 Å². The van der Waals surface area contributed by atoms with Gasteiger partial charge < -0.3 is 5.32 Å². The van der Waals surface area contributed by atoms with Gasteiger partial charge in [-0.1, -0.05) is 31.7 Å². The molecule has 0 aliphatic carbocycles. The largest absolute Gasteiger partial charge is 0.313 e. The summed E-state index contributed by atoms with van der Waals surface area (Å²) in [5.74, 6) is 1.80. The molecule has 0 aromatic carbocycles. The molecule has 0 bridgehead atoms. The zero-order valence-electron chi connectivity index (χ0n) is 12.5. The fraction of sp³-hybridized carbons (Fsp3) is 0.600. The minimum absolute atomic E-state index is 0.591. The highest BCUT2D eigenvalue weighted by molar-refractivity contribution is 7.99. The molecule has 0 radical (unpaired) electrons. The van der Waals surface area contributed by atoms with Crippen LogP contribution in [0.1, 0.15) is 33.6 Å². The van der Waals surface area contributed by atoms with E-state index in [0.29, 0.717) is 6.04 Å². The van der Waals surface area contributed by atoms with Crippen LogP contribution in [0.25, 0.3) is 5.65 Å². The third-order valence-corrected chi connectivity index (χ3v) is 4.23. The van der Waals surface area contributed by atoms with E-state index in [1.807, 2.05) is 28.8 Å². The lowest BCUT2D eigenvalue weighted by molar-refractivity contribution is 0.460. The summed E-state index contributed by atoms with van der Waals surface area (Å²) in [5, 5.41) is 12.9. The molecular weight excluding hydrogens is 268 g/mol. The van der Waals surface area contributed by atoms with Crippen molar-refractivity contribution in [1.82, 2.24) is 19.9 Å². The molecule has 110 valence electrons. The molecule has 1 unspecified atom stereocenters. The lowest BCUT2D eigenvalue weighted by Gasteiger charge is -2.14. The topological polar surface area (TPSA) is 42.2 Å². The summed E-state index contributed by atoms with van der Waals surface area (Å²) in [4.78, 5) is 0. The van der Waals surface area contributed by atoms with Crippen molar-refractivity contribution in [3.05, 3.63) is 24.4 Å². The number of rotatable bonds is 8. The smallest absolute Gasteiger partial charge is 0.195 e. The highest BCUT2D eigenvalue weighted by atomic mass is 32.2. The molecule has 2 rings (SSSR count). The molecule has 1 atom stereocenters. The Hall–Kier alpha value is -1.07. The first-order valence-electron chi connectivity index (χ1n) is 7.32. The van der Waals surface area contributed by atoms with Crippen LogP contribution in [0.15, 0.2) is 29.6 Å². The number of pyridine rings is 1. The normalized spacial score (nSPS) is 13.2. The van der Waals surface area contributed by atoms with Gasteiger partial charge in [-0.25, -0.2) is 0 Å². The van der Waals surface area contributed by atoms with Crippen LogP contribution in [0.5, 0.6) is 0 Å². The lowest BCUT2D eigenvalue weighted by atomic mass is 10.0. The zero-order chi connectivity index (χ0) is 14.4. The van der Waals surface area contributed by atoms with E-state index in [0.717, 1.165) is 29.0 Å². The van der Waals surface area contributed by atoms with Crippen molar-refractivity contribution in [1.29, 1.82) is 0 Å². The molecule has 0 saturated carbocycles. The van der Waals surface area contributed by atoms with E-state index in [1.54, 1.807) is 11.8 Å². The molecule has 2 heterocycles. The minimum Gasteiger partial charge on any atom is -0.313 e. The second-order valence-corrected chi connectivity index (χ2v) is 6.65. The standard InChI is InChI=1S/C15H24N4S/c1-12(2)7-8-13(3)16-9-11-20-15-18-17-14-6-4-5-10-19(14)15/h4-6,10,12-13,16H,7-9,11H2,1-3H3. The fourth-order valence-electron chi connectivity index (χ4n) is 2.05. The van der Waals surface area contributed by atoms with Gasteiger partial charge in [0.2, 0.25) is 0 Å². The molecule has 4 nitrogen and oxygen atoms in total. The summed E-state index contributed by atoms with van der Waals surface area (Å²) in [6.07, 6.45) is 4.54. The first-order chi connectivity index (χ1) is 9.66. The van der Waals surface area contributed by atoms with Crippen LogP contribution in [0.2, 0.25) is 0 Å².